The van der Waals surface area contributed by atoms with Crippen LogP contribution in [0.25, 0.3) is 0 Å². The number of aryl methyl sites for hydroxylation is 1. The molecule has 0 aliphatic carbocycles. The predicted octanol–water partition coefficient (Wildman–Crippen LogP) is 6.08. The molecule has 0 bridgehead atoms. The number of hydrogen-bond acceptors (Lipinski definition) is 4. The summed E-state index contributed by atoms with van der Waals surface area (Å²) in [5.41, 5.74) is 2.93. The highest BCUT2D eigenvalue weighted by molar-refractivity contribution is 9.10. The summed E-state index contributed by atoms with van der Waals surface area (Å²) in [6, 6.07) is 16.9. The molecule has 0 aliphatic heterocycles. The summed E-state index contributed by atoms with van der Waals surface area (Å²) >= 11 is 9.50. The highest BCUT2D eigenvalue weighted by Crippen LogP contribution is 2.28. The molecular formula is C23H19BrClN3O3. The standard InChI is InChI=1S/C23H19BrClN3O3/c1-15-3-2-4-16(9-15)12-28-13-18(11-26-28)27-23(29)22-8-6-19(31-22)14-30-21-7-5-17(24)10-20(21)25/h2-11,13H,12,14H2,1H3,(H,27,29). The highest BCUT2D eigenvalue weighted by atomic mass is 79.9. The summed E-state index contributed by atoms with van der Waals surface area (Å²) in [7, 11) is 0. The van der Waals surface area contributed by atoms with Gasteiger partial charge in [0.05, 0.1) is 23.5 Å². The average molecular weight is 501 g/mol. The van der Waals surface area contributed by atoms with Crippen molar-refractivity contribution in [3.63, 3.8) is 0 Å². The molecule has 0 aliphatic rings. The molecule has 2 heterocycles. The van der Waals surface area contributed by atoms with Crippen LogP contribution in [0.15, 0.2) is 75.9 Å². The average Bonchev–Trinajstić information content (AvgIpc) is 3.37. The first-order valence-corrected chi connectivity index (χ1v) is 10.7. The third-order valence-corrected chi connectivity index (χ3v) is 5.26. The largest absolute Gasteiger partial charge is 0.484 e. The molecule has 0 saturated carbocycles. The summed E-state index contributed by atoms with van der Waals surface area (Å²) in [4.78, 5) is 12.5. The SMILES string of the molecule is Cc1cccc(Cn2cc(NC(=O)c3ccc(COc4ccc(Br)cc4Cl)o3)cn2)c1. The number of carbonyl (C=O) groups excluding carboxylic acids is 1. The van der Waals surface area contributed by atoms with Crippen LogP contribution in [0.5, 0.6) is 5.75 Å². The third kappa shape index (κ3) is 5.57. The first kappa shape index (κ1) is 21.2. The Bertz CT molecular complexity index is 1220. The zero-order chi connectivity index (χ0) is 21.8. The summed E-state index contributed by atoms with van der Waals surface area (Å²) in [5, 5.41) is 7.59. The van der Waals surface area contributed by atoms with Gasteiger partial charge >= 0.3 is 0 Å². The quantitative estimate of drug-likeness (QED) is 0.334. The second-order valence-electron chi connectivity index (χ2n) is 7.00. The number of hydrogen-bond donors (Lipinski definition) is 1. The summed E-state index contributed by atoms with van der Waals surface area (Å²) in [6.07, 6.45) is 3.39. The molecule has 6 nitrogen and oxygen atoms in total. The fraction of sp³-hybridized carbons (Fsp3) is 0.130. The van der Waals surface area contributed by atoms with Crippen LogP contribution < -0.4 is 10.1 Å². The summed E-state index contributed by atoms with van der Waals surface area (Å²) in [5.74, 6) is 0.877. The Kier molecular flexibility index (Phi) is 6.44. The molecule has 0 radical (unpaired) electrons. The molecule has 1 amide bonds. The Balaban J connectivity index is 1.34. The number of nitrogens with zero attached hydrogens (tertiary/aromatic N) is 2. The minimum atomic E-state index is -0.358. The minimum absolute atomic E-state index is 0.156. The van der Waals surface area contributed by atoms with E-state index in [0.717, 1.165) is 10.0 Å². The van der Waals surface area contributed by atoms with E-state index >= 15 is 0 Å². The van der Waals surface area contributed by atoms with E-state index < -0.39 is 0 Å². The Morgan fingerprint density at radius 2 is 2.10 bits per heavy atom. The van der Waals surface area contributed by atoms with Gasteiger partial charge in [-0.1, -0.05) is 57.4 Å². The van der Waals surface area contributed by atoms with Crippen molar-refractivity contribution in [3.8, 4) is 5.75 Å². The number of amides is 1. The maximum Gasteiger partial charge on any atom is 0.291 e. The van der Waals surface area contributed by atoms with Crippen molar-refractivity contribution in [1.29, 1.82) is 0 Å². The van der Waals surface area contributed by atoms with Crippen LogP contribution in [-0.4, -0.2) is 15.7 Å². The molecule has 4 rings (SSSR count). The summed E-state index contributed by atoms with van der Waals surface area (Å²) < 4.78 is 13.9. The van der Waals surface area contributed by atoms with E-state index in [1.165, 1.54) is 5.56 Å². The van der Waals surface area contributed by atoms with E-state index in [0.29, 0.717) is 28.8 Å². The number of benzene rings is 2. The molecule has 31 heavy (non-hydrogen) atoms. The first-order chi connectivity index (χ1) is 15.0. The smallest absolute Gasteiger partial charge is 0.291 e. The number of rotatable bonds is 7. The zero-order valence-corrected chi connectivity index (χ0v) is 19.0. The van der Waals surface area contributed by atoms with Crippen molar-refractivity contribution >= 4 is 39.1 Å². The molecule has 0 fully saturated rings. The maximum absolute atomic E-state index is 12.5. The van der Waals surface area contributed by atoms with Crippen LogP contribution in [0.4, 0.5) is 5.69 Å². The Hall–Kier alpha value is -3.03. The number of halogens is 2. The van der Waals surface area contributed by atoms with E-state index in [9.17, 15) is 4.79 Å². The maximum atomic E-state index is 12.5. The molecule has 2 aromatic carbocycles. The van der Waals surface area contributed by atoms with E-state index in [1.54, 1.807) is 41.3 Å². The molecule has 1 N–H and O–H groups in total. The van der Waals surface area contributed by atoms with Crippen molar-refractivity contribution in [1.82, 2.24) is 9.78 Å². The molecule has 4 aromatic rings. The predicted molar refractivity (Wildman–Crippen MR) is 123 cm³/mol. The van der Waals surface area contributed by atoms with E-state index in [-0.39, 0.29) is 18.3 Å². The monoisotopic (exact) mass is 499 g/mol. The zero-order valence-electron chi connectivity index (χ0n) is 16.6. The van der Waals surface area contributed by atoms with Gasteiger partial charge in [-0.05, 0) is 42.8 Å². The molecule has 0 unspecified atom stereocenters. The second-order valence-corrected chi connectivity index (χ2v) is 8.32. The first-order valence-electron chi connectivity index (χ1n) is 9.52. The number of carbonyl (C=O) groups is 1. The lowest BCUT2D eigenvalue weighted by molar-refractivity contribution is 0.0992. The van der Waals surface area contributed by atoms with Gasteiger partial charge in [0.2, 0.25) is 0 Å². The van der Waals surface area contributed by atoms with Crippen LogP contribution in [0.3, 0.4) is 0 Å². The molecule has 2 aromatic heterocycles. The van der Waals surface area contributed by atoms with Crippen molar-refractivity contribution in [2.24, 2.45) is 0 Å². The van der Waals surface area contributed by atoms with Crippen LogP contribution in [-0.2, 0) is 13.2 Å². The normalized spacial score (nSPS) is 10.8. The van der Waals surface area contributed by atoms with Gasteiger partial charge in [0.1, 0.15) is 18.1 Å². The Morgan fingerprint density at radius 1 is 1.23 bits per heavy atom. The van der Waals surface area contributed by atoms with Gasteiger partial charge in [0.25, 0.3) is 5.91 Å². The van der Waals surface area contributed by atoms with Gasteiger partial charge in [-0.2, -0.15) is 5.10 Å². The van der Waals surface area contributed by atoms with Gasteiger partial charge < -0.3 is 14.5 Å². The molecule has 0 spiro atoms. The van der Waals surface area contributed by atoms with Gasteiger partial charge in [0, 0.05) is 10.7 Å². The minimum Gasteiger partial charge on any atom is -0.484 e. The van der Waals surface area contributed by atoms with Crippen molar-refractivity contribution in [2.75, 3.05) is 5.32 Å². The van der Waals surface area contributed by atoms with E-state index in [4.69, 9.17) is 20.8 Å². The molecule has 0 atom stereocenters. The number of anilines is 1. The van der Waals surface area contributed by atoms with Crippen molar-refractivity contribution in [2.45, 2.75) is 20.1 Å². The van der Waals surface area contributed by atoms with E-state index in [2.05, 4.69) is 32.4 Å². The molecule has 158 valence electrons. The van der Waals surface area contributed by atoms with Crippen molar-refractivity contribution < 1.29 is 13.9 Å². The lowest BCUT2D eigenvalue weighted by Crippen LogP contribution is -2.10. The fourth-order valence-corrected chi connectivity index (χ4v) is 3.75. The second kappa shape index (κ2) is 9.41. The fourth-order valence-electron chi connectivity index (χ4n) is 3.02. The van der Waals surface area contributed by atoms with Crippen LogP contribution in [0.2, 0.25) is 5.02 Å². The Labute approximate surface area is 192 Å². The molecule has 0 saturated heterocycles. The third-order valence-electron chi connectivity index (χ3n) is 4.47. The molecular weight excluding hydrogens is 482 g/mol. The van der Waals surface area contributed by atoms with Gasteiger partial charge in [-0.15, -0.1) is 0 Å². The lowest BCUT2D eigenvalue weighted by Gasteiger charge is -2.06. The Morgan fingerprint density at radius 3 is 2.90 bits per heavy atom. The number of furan rings is 1. The van der Waals surface area contributed by atoms with Crippen molar-refractivity contribution in [3.05, 3.63) is 99.1 Å². The van der Waals surface area contributed by atoms with Crippen LogP contribution in [0.1, 0.15) is 27.4 Å². The van der Waals surface area contributed by atoms with Gasteiger partial charge in [-0.25, -0.2) is 0 Å². The number of ether oxygens (including phenoxy) is 1. The van der Waals surface area contributed by atoms with Gasteiger partial charge in [-0.3, -0.25) is 9.48 Å². The number of aromatic nitrogens is 2. The lowest BCUT2D eigenvalue weighted by atomic mass is 10.1. The molecule has 8 heteroatoms. The van der Waals surface area contributed by atoms with E-state index in [1.807, 2.05) is 31.2 Å². The number of nitrogens with one attached hydrogen (secondary N) is 1. The summed E-state index contributed by atoms with van der Waals surface area (Å²) in [6.45, 7) is 2.83. The van der Waals surface area contributed by atoms with Crippen LogP contribution >= 0.6 is 27.5 Å². The van der Waals surface area contributed by atoms with Crippen LogP contribution in [0, 0.1) is 6.92 Å². The van der Waals surface area contributed by atoms with Gasteiger partial charge in [0.15, 0.2) is 5.76 Å². The topological polar surface area (TPSA) is 69.3 Å². The highest BCUT2D eigenvalue weighted by Gasteiger charge is 2.13.